The average Bonchev–Trinajstić information content (AvgIpc) is 3.37. The van der Waals surface area contributed by atoms with Gasteiger partial charge in [-0.25, -0.2) is 9.97 Å². The third-order valence-electron chi connectivity index (χ3n) is 4.70. The van der Waals surface area contributed by atoms with E-state index in [2.05, 4.69) is 25.4 Å². The molecular formula is C20H25F3N8O2. The quantitative estimate of drug-likeness (QED) is 0.496. The standard InChI is InChI=1S/C20H25F3N8O2/c1-13(2)16-17(27-19(28-18(16)33)30-7-4-24-12-30)14-8-26-31(9-14)10-15(32)25-5-6-29(3)11-20(21,22)23/h4,7-9,12-13H,5-6,10-11H2,1-3H3,(H,25,32)(H,27,28,33). The first-order valence-corrected chi connectivity index (χ1v) is 10.2. The molecule has 2 N–H and O–H groups in total. The number of aromatic nitrogens is 6. The van der Waals surface area contributed by atoms with Gasteiger partial charge in [0, 0.05) is 42.8 Å². The zero-order valence-electron chi connectivity index (χ0n) is 18.4. The Labute approximate surface area is 188 Å². The van der Waals surface area contributed by atoms with Gasteiger partial charge in [-0.3, -0.25) is 18.9 Å². The molecule has 33 heavy (non-hydrogen) atoms. The lowest BCUT2D eigenvalue weighted by molar-refractivity contribution is -0.142. The highest BCUT2D eigenvalue weighted by Gasteiger charge is 2.28. The van der Waals surface area contributed by atoms with Gasteiger partial charge >= 0.3 is 6.18 Å². The van der Waals surface area contributed by atoms with E-state index in [1.807, 2.05) is 13.8 Å². The van der Waals surface area contributed by atoms with Crippen molar-refractivity contribution >= 4 is 5.91 Å². The largest absolute Gasteiger partial charge is 0.493 e. The molecule has 0 fully saturated rings. The van der Waals surface area contributed by atoms with Crippen LogP contribution >= 0.6 is 0 Å². The summed E-state index contributed by atoms with van der Waals surface area (Å²) < 4.78 is 40.0. The second-order valence-electron chi connectivity index (χ2n) is 7.86. The van der Waals surface area contributed by atoms with Crippen LogP contribution in [0.4, 0.5) is 13.2 Å². The first kappa shape index (κ1) is 24.2. The number of carbonyl (C=O) groups excluding carboxylic acids is 1. The van der Waals surface area contributed by atoms with Gasteiger partial charge in [-0.05, 0) is 13.0 Å². The fourth-order valence-electron chi connectivity index (χ4n) is 3.24. The maximum Gasteiger partial charge on any atom is 0.401 e. The molecule has 1 amide bonds. The third-order valence-corrected chi connectivity index (χ3v) is 4.70. The molecule has 0 spiro atoms. The van der Waals surface area contributed by atoms with Crippen molar-refractivity contribution in [1.82, 2.24) is 39.5 Å². The second kappa shape index (κ2) is 9.98. The van der Waals surface area contributed by atoms with E-state index in [0.717, 1.165) is 4.90 Å². The van der Waals surface area contributed by atoms with Crippen LogP contribution in [0.2, 0.25) is 0 Å². The van der Waals surface area contributed by atoms with Gasteiger partial charge in [0.2, 0.25) is 17.7 Å². The molecular weight excluding hydrogens is 441 g/mol. The molecule has 0 aromatic carbocycles. The summed E-state index contributed by atoms with van der Waals surface area (Å²) in [6.45, 7) is 2.76. The summed E-state index contributed by atoms with van der Waals surface area (Å²) in [6.07, 6.45) is 3.57. The molecule has 0 radical (unpaired) electrons. The molecule has 0 aliphatic rings. The number of nitrogens with zero attached hydrogens (tertiary/aromatic N) is 7. The number of alkyl halides is 3. The number of rotatable bonds is 9. The number of amides is 1. The van der Waals surface area contributed by atoms with Crippen molar-refractivity contribution in [2.24, 2.45) is 0 Å². The van der Waals surface area contributed by atoms with Crippen molar-refractivity contribution < 1.29 is 23.1 Å². The molecule has 0 saturated carbocycles. The van der Waals surface area contributed by atoms with Crippen molar-refractivity contribution in [2.45, 2.75) is 32.5 Å². The van der Waals surface area contributed by atoms with E-state index in [1.54, 1.807) is 23.2 Å². The molecule has 13 heteroatoms. The van der Waals surface area contributed by atoms with E-state index in [1.165, 1.54) is 24.3 Å². The van der Waals surface area contributed by atoms with Gasteiger partial charge in [0.25, 0.3) is 0 Å². The van der Waals surface area contributed by atoms with E-state index >= 15 is 0 Å². The Balaban J connectivity index is 1.70. The lowest BCUT2D eigenvalue weighted by Crippen LogP contribution is -2.38. The van der Waals surface area contributed by atoms with Gasteiger partial charge in [-0.15, -0.1) is 0 Å². The number of halogens is 3. The smallest absolute Gasteiger partial charge is 0.401 e. The van der Waals surface area contributed by atoms with Gasteiger partial charge in [-0.2, -0.15) is 23.3 Å². The first-order valence-electron chi connectivity index (χ1n) is 10.2. The van der Waals surface area contributed by atoms with E-state index in [-0.39, 0.29) is 37.4 Å². The van der Waals surface area contributed by atoms with Crippen LogP contribution in [0.25, 0.3) is 17.2 Å². The highest BCUT2D eigenvalue weighted by atomic mass is 19.4. The summed E-state index contributed by atoms with van der Waals surface area (Å²) in [7, 11) is 1.33. The average molecular weight is 466 g/mol. The Hall–Kier alpha value is -3.48. The zero-order valence-corrected chi connectivity index (χ0v) is 18.4. The highest BCUT2D eigenvalue weighted by Crippen LogP contribution is 2.33. The van der Waals surface area contributed by atoms with Gasteiger partial charge in [-0.1, -0.05) is 13.8 Å². The second-order valence-corrected chi connectivity index (χ2v) is 7.86. The maximum atomic E-state index is 12.4. The number of nitrogens with one attached hydrogen (secondary N) is 1. The van der Waals surface area contributed by atoms with Crippen LogP contribution in [0.1, 0.15) is 25.3 Å². The van der Waals surface area contributed by atoms with Crippen LogP contribution in [0.15, 0.2) is 31.1 Å². The van der Waals surface area contributed by atoms with Crippen molar-refractivity contribution in [1.29, 1.82) is 0 Å². The van der Waals surface area contributed by atoms with Crippen LogP contribution < -0.4 is 5.32 Å². The molecule has 10 nitrogen and oxygen atoms in total. The van der Waals surface area contributed by atoms with Crippen LogP contribution in [0, 0.1) is 0 Å². The van der Waals surface area contributed by atoms with E-state index in [0.29, 0.717) is 16.8 Å². The van der Waals surface area contributed by atoms with Crippen molar-refractivity contribution in [3.05, 3.63) is 36.7 Å². The number of carbonyl (C=O) groups is 1. The van der Waals surface area contributed by atoms with E-state index in [9.17, 15) is 23.1 Å². The number of hydrogen-bond acceptors (Lipinski definition) is 7. The molecule has 0 saturated heterocycles. The molecule has 0 unspecified atom stereocenters. The van der Waals surface area contributed by atoms with Gasteiger partial charge < -0.3 is 10.4 Å². The monoisotopic (exact) mass is 466 g/mol. The number of hydrogen-bond donors (Lipinski definition) is 2. The number of likely N-dealkylation sites (N-methyl/N-ethyl adjacent to an activating group) is 1. The molecule has 178 valence electrons. The SMILES string of the molecule is CC(C)c1c(O)nc(-n2ccnc2)nc1-c1cnn(CC(=O)NCCN(C)CC(F)(F)F)c1. The molecule has 3 rings (SSSR count). The summed E-state index contributed by atoms with van der Waals surface area (Å²) in [5.74, 6) is -0.402. The fourth-order valence-corrected chi connectivity index (χ4v) is 3.24. The minimum Gasteiger partial charge on any atom is -0.493 e. The molecule has 0 aliphatic heterocycles. The fraction of sp³-hybridized carbons (Fsp3) is 0.450. The van der Waals surface area contributed by atoms with Crippen molar-refractivity contribution in [2.75, 3.05) is 26.7 Å². The Morgan fingerprint density at radius 2 is 2.06 bits per heavy atom. The molecule has 3 aromatic rings. The normalized spacial score (nSPS) is 12.0. The van der Waals surface area contributed by atoms with Gasteiger partial charge in [0.05, 0.1) is 18.4 Å². The Kier molecular flexibility index (Phi) is 7.31. The lowest BCUT2D eigenvalue weighted by Gasteiger charge is -2.18. The molecule has 3 aromatic heterocycles. The zero-order chi connectivity index (χ0) is 24.2. The number of aromatic hydroxyl groups is 1. The van der Waals surface area contributed by atoms with Crippen LogP contribution in [-0.4, -0.2) is 78.1 Å². The molecule has 3 heterocycles. The first-order chi connectivity index (χ1) is 15.5. The minimum absolute atomic E-state index is 0.0601. The summed E-state index contributed by atoms with van der Waals surface area (Å²) in [5, 5.41) is 17.3. The number of imidazole rings is 1. The predicted molar refractivity (Wildman–Crippen MR) is 113 cm³/mol. The van der Waals surface area contributed by atoms with Crippen LogP contribution in [-0.2, 0) is 11.3 Å². The topological polar surface area (TPSA) is 114 Å². The highest BCUT2D eigenvalue weighted by molar-refractivity contribution is 5.76. The molecule has 0 bridgehead atoms. The van der Waals surface area contributed by atoms with Crippen LogP contribution in [0.3, 0.4) is 0 Å². The lowest BCUT2D eigenvalue weighted by atomic mass is 9.99. The Bertz CT molecular complexity index is 1080. The van der Waals surface area contributed by atoms with Crippen molar-refractivity contribution in [3.8, 4) is 23.1 Å². The summed E-state index contributed by atoms with van der Waals surface area (Å²) in [4.78, 5) is 25.9. The minimum atomic E-state index is -4.29. The maximum absolute atomic E-state index is 12.4. The van der Waals surface area contributed by atoms with Crippen LogP contribution in [0.5, 0.6) is 5.88 Å². The van der Waals surface area contributed by atoms with E-state index in [4.69, 9.17) is 0 Å². The summed E-state index contributed by atoms with van der Waals surface area (Å²) in [6, 6.07) is 0. The Morgan fingerprint density at radius 3 is 2.70 bits per heavy atom. The van der Waals surface area contributed by atoms with Crippen molar-refractivity contribution in [3.63, 3.8) is 0 Å². The third kappa shape index (κ3) is 6.51. The summed E-state index contributed by atoms with van der Waals surface area (Å²) >= 11 is 0. The van der Waals surface area contributed by atoms with Gasteiger partial charge in [0.15, 0.2) is 0 Å². The Morgan fingerprint density at radius 1 is 1.30 bits per heavy atom. The molecule has 0 aliphatic carbocycles. The van der Waals surface area contributed by atoms with E-state index < -0.39 is 18.6 Å². The molecule has 0 atom stereocenters. The predicted octanol–water partition coefficient (Wildman–Crippen LogP) is 1.97. The summed E-state index contributed by atoms with van der Waals surface area (Å²) in [5.41, 5.74) is 1.59. The van der Waals surface area contributed by atoms with Gasteiger partial charge in [0.1, 0.15) is 12.9 Å².